The number of hydrogen-bond acceptors (Lipinski definition) is 5. The maximum Gasteiger partial charge on any atom is 0.190 e. The molecular weight excluding hydrogens is 232 g/mol. The standard InChI is InChI=1S/C12H14N4S/c13-10-7-9(8-3-1-2-4-8)15-11(16-10)12-14-5-6-17-12/h5-8H,1-4H2,(H2,13,15,16). The smallest absolute Gasteiger partial charge is 0.190 e. The van der Waals surface area contributed by atoms with Gasteiger partial charge in [-0.15, -0.1) is 11.3 Å². The molecule has 1 aliphatic carbocycles. The molecule has 4 nitrogen and oxygen atoms in total. The number of rotatable bonds is 2. The third-order valence-corrected chi connectivity index (χ3v) is 3.93. The second-order valence-electron chi connectivity index (χ2n) is 4.36. The van der Waals surface area contributed by atoms with Gasteiger partial charge in [0.2, 0.25) is 0 Å². The van der Waals surface area contributed by atoms with E-state index in [0.29, 0.717) is 17.6 Å². The normalized spacial score (nSPS) is 16.5. The van der Waals surface area contributed by atoms with Crippen molar-refractivity contribution in [3.8, 4) is 10.8 Å². The Morgan fingerprint density at radius 2 is 2.06 bits per heavy atom. The van der Waals surface area contributed by atoms with Crippen LogP contribution in [0.4, 0.5) is 5.82 Å². The Labute approximate surface area is 104 Å². The van der Waals surface area contributed by atoms with Gasteiger partial charge in [-0.25, -0.2) is 15.0 Å². The number of thiazole rings is 1. The fraction of sp³-hybridized carbons (Fsp3) is 0.417. The molecule has 2 N–H and O–H groups in total. The minimum absolute atomic E-state index is 0.548. The zero-order valence-corrected chi connectivity index (χ0v) is 10.3. The molecule has 0 amide bonds. The predicted molar refractivity (Wildman–Crippen MR) is 68.8 cm³/mol. The SMILES string of the molecule is Nc1cc(C2CCCC2)nc(-c2nccs2)n1. The summed E-state index contributed by atoms with van der Waals surface area (Å²) in [7, 11) is 0. The van der Waals surface area contributed by atoms with E-state index in [-0.39, 0.29) is 0 Å². The number of aromatic nitrogens is 3. The number of nitrogens with zero attached hydrogens (tertiary/aromatic N) is 3. The van der Waals surface area contributed by atoms with Gasteiger partial charge in [-0.1, -0.05) is 12.8 Å². The largest absolute Gasteiger partial charge is 0.384 e. The van der Waals surface area contributed by atoms with Crippen LogP contribution in [-0.2, 0) is 0 Å². The Kier molecular flexibility index (Phi) is 2.76. The molecule has 88 valence electrons. The number of nitrogens with two attached hydrogens (primary N) is 1. The monoisotopic (exact) mass is 246 g/mol. The lowest BCUT2D eigenvalue weighted by Gasteiger charge is -2.09. The maximum atomic E-state index is 5.86. The van der Waals surface area contributed by atoms with Gasteiger partial charge < -0.3 is 5.73 Å². The van der Waals surface area contributed by atoms with Crippen molar-refractivity contribution >= 4 is 17.2 Å². The van der Waals surface area contributed by atoms with Crippen molar-refractivity contribution in [2.45, 2.75) is 31.6 Å². The summed E-state index contributed by atoms with van der Waals surface area (Å²) in [6.45, 7) is 0. The summed E-state index contributed by atoms with van der Waals surface area (Å²) >= 11 is 1.54. The van der Waals surface area contributed by atoms with Gasteiger partial charge in [0, 0.05) is 29.3 Å². The quantitative estimate of drug-likeness (QED) is 0.885. The Hall–Kier alpha value is -1.49. The van der Waals surface area contributed by atoms with Crippen LogP contribution in [0.2, 0.25) is 0 Å². The van der Waals surface area contributed by atoms with Gasteiger partial charge >= 0.3 is 0 Å². The molecule has 5 heteroatoms. The van der Waals surface area contributed by atoms with Gasteiger partial charge in [-0.05, 0) is 12.8 Å². The maximum absolute atomic E-state index is 5.86. The van der Waals surface area contributed by atoms with Crippen LogP contribution < -0.4 is 5.73 Å². The van der Waals surface area contributed by atoms with E-state index in [1.165, 1.54) is 25.7 Å². The van der Waals surface area contributed by atoms with Crippen molar-refractivity contribution in [3.63, 3.8) is 0 Å². The van der Waals surface area contributed by atoms with Gasteiger partial charge in [-0.3, -0.25) is 0 Å². The first kappa shape index (κ1) is 10.7. The molecular formula is C12H14N4S. The lowest BCUT2D eigenvalue weighted by Crippen LogP contribution is -2.03. The van der Waals surface area contributed by atoms with Crippen molar-refractivity contribution in [1.29, 1.82) is 0 Å². The highest BCUT2D eigenvalue weighted by Gasteiger charge is 2.20. The second kappa shape index (κ2) is 4.41. The zero-order chi connectivity index (χ0) is 11.7. The average molecular weight is 246 g/mol. The molecule has 0 atom stereocenters. The molecule has 1 aliphatic rings. The molecule has 1 saturated carbocycles. The first-order valence-electron chi connectivity index (χ1n) is 5.87. The molecule has 0 bridgehead atoms. The van der Waals surface area contributed by atoms with E-state index >= 15 is 0 Å². The van der Waals surface area contributed by atoms with E-state index in [1.807, 2.05) is 11.4 Å². The summed E-state index contributed by atoms with van der Waals surface area (Å²) in [6, 6.07) is 1.91. The van der Waals surface area contributed by atoms with Gasteiger partial charge in [0.05, 0.1) is 0 Å². The molecule has 0 aromatic carbocycles. The third-order valence-electron chi connectivity index (χ3n) is 3.16. The molecule has 2 heterocycles. The lowest BCUT2D eigenvalue weighted by molar-refractivity contribution is 0.696. The molecule has 2 aromatic heterocycles. The van der Waals surface area contributed by atoms with Gasteiger partial charge in [-0.2, -0.15) is 0 Å². The summed E-state index contributed by atoms with van der Waals surface area (Å²) in [5.74, 6) is 1.77. The molecule has 0 spiro atoms. The molecule has 2 aromatic rings. The Morgan fingerprint density at radius 1 is 1.24 bits per heavy atom. The first-order valence-corrected chi connectivity index (χ1v) is 6.75. The highest BCUT2D eigenvalue weighted by molar-refractivity contribution is 7.13. The third kappa shape index (κ3) is 2.15. The Morgan fingerprint density at radius 3 is 2.76 bits per heavy atom. The zero-order valence-electron chi connectivity index (χ0n) is 9.47. The lowest BCUT2D eigenvalue weighted by atomic mass is 10.0. The predicted octanol–water partition coefficient (Wildman–Crippen LogP) is 2.84. The number of hydrogen-bond donors (Lipinski definition) is 1. The van der Waals surface area contributed by atoms with E-state index in [2.05, 4.69) is 15.0 Å². The van der Waals surface area contributed by atoms with E-state index in [1.54, 1.807) is 17.5 Å². The molecule has 0 saturated heterocycles. The van der Waals surface area contributed by atoms with Crippen molar-refractivity contribution in [3.05, 3.63) is 23.3 Å². The summed E-state index contributed by atoms with van der Waals surface area (Å²) in [6.07, 6.45) is 6.78. The second-order valence-corrected chi connectivity index (χ2v) is 5.25. The molecule has 1 fully saturated rings. The van der Waals surface area contributed by atoms with Crippen LogP contribution in [0.1, 0.15) is 37.3 Å². The topological polar surface area (TPSA) is 64.7 Å². The van der Waals surface area contributed by atoms with Crippen LogP contribution in [0.3, 0.4) is 0 Å². The van der Waals surface area contributed by atoms with E-state index in [0.717, 1.165) is 10.7 Å². The molecule has 3 rings (SSSR count). The van der Waals surface area contributed by atoms with Crippen LogP contribution in [0.15, 0.2) is 17.6 Å². The van der Waals surface area contributed by atoms with Crippen molar-refractivity contribution < 1.29 is 0 Å². The highest BCUT2D eigenvalue weighted by Crippen LogP contribution is 2.34. The fourth-order valence-corrected chi connectivity index (χ4v) is 2.91. The summed E-state index contributed by atoms with van der Waals surface area (Å²) in [5, 5.41) is 2.77. The molecule has 17 heavy (non-hydrogen) atoms. The van der Waals surface area contributed by atoms with Crippen LogP contribution in [0, 0.1) is 0 Å². The van der Waals surface area contributed by atoms with Gasteiger partial charge in [0.1, 0.15) is 5.82 Å². The van der Waals surface area contributed by atoms with E-state index in [4.69, 9.17) is 5.73 Å². The molecule has 0 aliphatic heterocycles. The van der Waals surface area contributed by atoms with Gasteiger partial charge in [0.15, 0.2) is 10.8 Å². The van der Waals surface area contributed by atoms with Crippen LogP contribution in [0.25, 0.3) is 10.8 Å². The van der Waals surface area contributed by atoms with Crippen LogP contribution in [-0.4, -0.2) is 15.0 Å². The molecule has 0 unspecified atom stereocenters. The Balaban J connectivity index is 2.00. The summed E-state index contributed by atoms with van der Waals surface area (Å²) in [5.41, 5.74) is 6.94. The van der Waals surface area contributed by atoms with E-state index in [9.17, 15) is 0 Å². The first-order chi connectivity index (χ1) is 8.33. The van der Waals surface area contributed by atoms with E-state index < -0.39 is 0 Å². The minimum atomic E-state index is 0.548. The summed E-state index contributed by atoms with van der Waals surface area (Å²) < 4.78 is 0. The average Bonchev–Trinajstić information content (AvgIpc) is 3.02. The fourth-order valence-electron chi connectivity index (χ4n) is 2.35. The van der Waals surface area contributed by atoms with Crippen molar-refractivity contribution in [2.24, 2.45) is 0 Å². The van der Waals surface area contributed by atoms with Crippen LogP contribution in [0.5, 0.6) is 0 Å². The van der Waals surface area contributed by atoms with Crippen LogP contribution >= 0.6 is 11.3 Å². The highest BCUT2D eigenvalue weighted by atomic mass is 32.1. The van der Waals surface area contributed by atoms with Crippen molar-refractivity contribution in [2.75, 3.05) is 5.73 Å². The van der Waals surface area contributed by atoms with Crippen molar-refractivity contribution in [1.82, 2.24) is 15.0 Å². The summed E-state index contributed by atoms with van der Waals surface area (Å²) in [4.78, 5) is 13.1. The van der Waals surface area contributed by atoms with Gasteiger partial charge in [0.25, 0.3) is 0 Å². The molecule has 0 radical (unpaired) electrons. The Bertz CT molecular complexity index is 503. The minimum Gasteiger partial charge on any atom is -0.384 e. The number of anilines is 1. The number of nitrogen functional groups attached to an aromatic ring is 1.